The number of hydrogen-bond acceptors (Lipinski definition) is 2. The molecule has 0 radical (unpaired) electrons. The molecule has 2 unspecified atom stereocenters. The van der Waals surface area contributed by atoms with Crippen molar-refractivity contribution in [2.45, 2.75) is 82.3 Å². The summed E-state index contributed by atoms with van der Waals surface area (Å²) in [6.45, 7) is 0.771. The van der Waals surface area contributed by atoms with Gasteiger partial charge in [-0.05, 0) is 68.6 Å². The minimum atomic E-state index is -0.196. The normalized spacial score (nSPS) is 27.4. The summed E-state index contributed by atoms with van der Waals surface area (Å²) in [6.07, 6.45) is 11.2. The Hall–Kier alpha value is -1.13. The quantitative estimate of drug-likeness (QED) is 0.771. The van der Waals surface area contributed by atoms with Gasteiger partial charge in [0.2, 0.25) is 5.91 Å². The third-order valence-electron chi connectivity index (χ3n) is 6.67. The molecule has 5 heteroatoms. The van der Waals surface area contributed by atoms with E-state index in [0.717, 1.165) is 31.4 Å². The van der Waals surface area contributed by atoms with Gasteiger partial charge in [0, 0.05) is 31.1 Å². The third kappa shape index (κ3) is 5.23. The van der Waals surface area contributed by atoms with Gasteiger partial charge in [0.05, 0.1) is 0 Å². The van der Waals surface area contributed by atoms with E-state index < -0.39 is 0 Å². The minimum absolute atomic E-state index is 0. The molecule has 1 saturated carbocycles. The summed E-state index contributed by atoms with van der Waals surface area (Å²) in [5.74, 6) is 0.708. The van der Waals surface area contributed by atoms with Gasteiger partial charge in [-0.2, -0.15) is 0 Å². The number of piperidine rings is 1. The molecule has 0 spiro atoms. The molecule has 2 heterocycles. The highest BCUT2D eigenvalue weighted by molar-refractivity contribution is 5.85. The predicted octanol–water partition coefficient (Wildman–Crippen LogP) is 4.48. The zero-order valence-electron chi connectivity index (χ0n) is 16.0. The molecule has 2 saturated heterocycles. The molecular weight excluding hydrogens is 363 g/mol. The van der Waals surface area contributed by atoms with Crippen molar-refractivity contribution in [3.05, 3.63) is 35.6 Å². The van der Waals surface area contributed by atoms with Crippen molar-refractivity contribution in [3.63, 3.8) is 0 Å². The van der Waals surface area contributed by atoms with Crippen LogP contribution >= 0.6 is 12.4 Å². The van der Waals surface area contributed by atoms with Crippen molar-refractivity contribution in [1.82, 2.24) is 10.2 Å². The van der Waals surface area contributed by atoms with Crippen LogP contribution in [0.5, 0.6) is 0 Å². The second-order valence-corrected chi connectivity index (χ2v) is 8.58. The van der Waals surface area contributed by atoms with Gasteiger partial charge in [-0.25, -0.2) is 4.39 Å². The van der Waals surface area contributed by atoms with Gasteiger partial charge in [0.15, 0.2) is 0 Å². The number of nitrogens with one attached hydrogen (secondary N) is 1. The fraction of sp³-hybridized carbons (Fsp3) is 0.682. The molecule has 1 aromatic carbocycles. The number of benzene rings is 1. The van der Waals surface area contributed by atoms with Crippen molar-refractivity contribution in [3.8, 4) is 0 Å². The second kappa shape index (κ2) is 9.38. The van der Waals surface area contributed by atoms with Crippen LogP contribution in [0.1, 0.15) is 63.4 Å². The van der Waals surface area contributed by atoms with E-state index in [1.54, 1.807) is 0 Å². The zero-order valence-corrected chi connectivity index (χ0v) is 16.9. The smallest absolute Gasteiger partial charge is 0.223 e. The standard InChI is InChI=1S/C22H31FN2O.ClH/c23-18-7-5-16(6-8-18)11-12-25(21-3-1-2-4-21)22(26)15-17-13-19-9-10-20(14-17)24-19;/h5-8,17,19-21,24H,1-4,9-15H2;1H. The summed E-state index contributed by atoms with van der Waals surface area (Å²) in [7, 11) is 0. The Morgan fingerprint density at radius 3 is 2.30 bits per heavy atom. The van der Waals surface area contributed by atoms with Crippen LogP contribution in [0.25, 0.3) is 0 Å². The van der Waals surface area contributed by atoms with Crippen LogP contribution in [0, 0.1) is 11.7 Å². The molecule has 2 atom stereocenters. The number of hydrogen-bond donors (Lipinski definition) is 1. The van der Waals surface area contributed by atoms with Crippen molar-refractivity contribution in [2.75, 3.05) is 6.54 Å². The summed E-state index contributed by atoms with van der Waals surface area (Å²) in [5.41, 5.74) is 1.11. The lowest BCUT2D eigenvalue weighted by molar-refractivity contribution is -0.134. The van der Waals surface area contributed by atoms with E-state index in [1.807, 2.05) is 12.1 Å². The largest absolute Gasteiger partial charge is 0.339 e. The molecule has 150 valence electrons. The van der Waals surface area contributed by atoms with E-state index in [4.69, 9.17) is 0 Å². The number of carbonyl (C=O) groups excluding carboxylic acids is 1. The Morgan fingerprint density at radius 2 is 1.67 bits per heavy atom. The maximum atomic E-state index is 13.2. The first-order valence-corrected chi connectivity index (χ1v) is 10.5. The molecule has 1 aromatic rings. The van der Waals surface area contributed by atoms with E-state index >= 15 is 0 Å². The summed E-state index contributed by atoms with van der Waals surface area (Å²) in [6, 6.07) is 8.43. The SMILES string of the molecule is Cl.O=C(CC1CC2CCC(C1)N2)N(CCc1ccc(F)cc1)C1CCCC1. The van der Waals surface area contributed by atoms with Gasteiger partial charge >= 0.3 is 0 Å². The number of amides is 1. The van der Waals surface area contributed by atoms with Gasteiger partial charge in [0.1, 0.15) is 5.82 Å². The van der Waals surface area contributed by atoms with Crippen LogP contribution in [0.2, 0.25) is 0 Å². The Morgan fingerprint density at radius 1 is 1.04 bits per heavy atom. The van der Waals surface area contributed by atoms with E-state index in [2.05, 4.69) is 10.2 Å². The first-order chi connectivity index (χ1) is 12.7. The number of fused-ring (bicyclic) bond motifs is 2. The average Bonchev–Trinajstić information content (AvgIpc) is 3.27. The molecule has 1 amide bonds. The van der Waals surface area contributed by atoms with Gasteiger partial charge < -0.3 is 10.2 Å². The highest BCUT2D eigenvalue weighted by Crippen LogP contribution is 2.34. The molecule has 1 aliphatic carbocycles. The second-order valence-electron chi connectivity index (χ2n) is 8.58. The molecule has 3 nitrogen and oxygen atoms in total. The van der Waals surface area contributed by atoms with Crippen molar-refractivity contribution >= 4 is 18.3 Å². The Labute approximate surface area is 168 Å². The maximum absolute atomic E-state index is 13.2. The lowest BCUT2D eigenvalue weighted by atomic mass is 9.89. The number of rotatable bonds is 6. The third-order valence-corrected chi connectivity index (χ3v) is 6.67. The van der Waals surface area contributed by atoms with Crippen LogP contribution in [-0.4, -0.2) is 35.5 Å². The highest BCUT2D eigenvalue weighted by Gasteiger charge is 2.35. The van der Waals surface area contributed by atoms with E-state index in [1.165, 1.54) is 50.7 Å². The minimum Gasteiger partial charge on any atom is -0.339 e. The van der Waals surface area contributed by atoms with Crippen LogP contribution in [0.15, 0.2) is 24.3 Å². The molecule has 4 rings (SSSR count). The highest BCUT2D eigenvalue weighted by atomic mass is 35.5. The topological polar surface area (TPSA) is 32.3 Å². The lowest BCUT2D eigenvalue weighted by Crippen LogP contribution is -2.43. The summed E-state index contributed by atoms with van der Waals surface area (Å²) in [5, 5.41) is 3.67. The molecule has 3 aliphatic rings. The fourth-order valence-electron chi connectivity index (χ4n) is 5.33. The Kier molecular flexibility index (Phi) is 7.16. The zero-order chi connectivity index (χ0) is 17.9. The first kappa shape index (κ1) is 20.6. The van der Waals surface area contributed by atoms with E-state index in [-0.39, 0.29) is 18.2 Å². The average molecular weight is 395 g/mol. The summed E-state index contributed by atoms with van der Waals surface area (Å²) < 4.78 is 13.1. The molecule has 1 N–H and O–H groups in total. The Bertz CT molecular complexity index is 605. The lowest BCUT2D eigenvalue weighted by Gasteiger charge is -2.33. The van der Waals surface area contributed by atoms with Crippen LogP contribution in [0.4, 0.5) is 4.39 Å². The summed E-state index contributed by atoms with van der Waals surface area (Å²) >= 11 is 0. The van der Waals surface area contributed by atoms with Gasteiger partial charge in [-0.3, -0.25) is 4.79 Å². The predicted molar refractivity (Wildman–Crippen MR) is 109 cm³/mol. The van der Waals surface area contributed by atoms with Crippen LogP contribution in [-0.2, 0) is 11.2 Å². The van der Waals surface area contributed by atoms with Crippen molar-refractivity contribution in [2.24, 2.45) is 5.92 Å². The summed E-state index contributed by atoms with van der Waals surface area (Å²) in [4.78, 5) is 15.3. The van der Waals surface area contributed by atoms with Crippen molar-refractivity contribution in [1.29, 1.82) is 0 Å². The van der Waals surface area contributed by atoms with E-state index in [9.17, 15) is 9.18 Å². The number of carbonyl (C=O) groups is 1. The molecular formula is C22H32ClFN2O. The van der Waals surface area contributed by atoms with Crippen LogP contribution < -0.4 is 5.32 Å². The molecule has 2 aliphatic heterocycles. The van der Waals surface area contributed by atoms with Gasteiger partial charge in [-0.15, -0.1) is 12.4 Å². The molecule has 27 heavy (non-hydrogen) atoms. The molecule has 3 fully saturated rings. The van der Waals surface area contributed by atoms with Crippen molar-refractivity contribution < 1.29 is 9.18 Å². The van der Waals surface area contributed by atoms with E-state index in [0.29, 0.717) is 36.4 Å². The first-order valence-electron chi connectivity index (χ1n) is 10.5. The monoisotopic (exact) mass is 394 g/mol. The number of nitrogens with zero attached hydrogens (tertiary/aromatic N) is 1. The Balaban J connectivity index is 0.00000210. The maximum Gasteiger partial charge on any atom is 0.223 e. The molecule has 2 bridgehead atoms. The number of halogens is 2. The molecule has 0 aromatic heterocycles. The van der Waals surface area contributed by atoms with Gasteiger partial charge in [-0.1, -0.05) is 25.0 Å². The van der Waals surface area contributed by atoms with Crippen LogP contribution in [0.3, 0.4) is 0 Å². The fourth-order valence-corrected chi connectivity index (χ4v) is 5.33. The van der Waals surface area contributed by atoms with Gasteiger partial charge in [0.25, 0.3) is 0 Å².